The lowest BCUT2D eigenvalue weighted by Gasteiger charge is -2.32. The van der Waals surface area contributed by atoms with E-state index in [2.05, 4.69) is 10.3 Å². The largest absolute Gasteiger partial charge is 0.351 e. The first-order valence-electron chi connectivity index (χ1n) is 8.29. The van der Waals surface area contributed by atoms with Gasteiger partial charge in [-0.25, -0.2) is 4.98 Å². The van der Waals surface area contributed by atoms with Crippen LogP contribution in [0.25, 0.3) is 0 Å². The minimum atomic E-state index is -0.00604. The molecule has 0 saturated carbocycles. The molecule has 3 heterocycles. The molecular weight excluding hydrogens is 354 g/mol. The Morgan fingerprint density at radius 3 is 2.80 bits per heavy atom. The number of carbonyl (C=O) groups is 2. The van der Waals surface area contributed by atoms with Gasteiger partial charge in [-0.2, -0.15) is 0 Å². The highest BCUT2D eigenvalue weighted by molar-refractivity contribution is 7.98. The molecular formula is C18H21N3O2S2. The molecule has 1 aliphatic rings. The molecule has 1 saturated heterocycles. The Balaban J connectivity index is 1.50. The summed E-state index contributed by atoms with van der Waals surface area (Å²) in [5.74, 6) is 0.467. The van der Waals surface area contributed by atoms with Gasteiger partial charge in [0.2, 0.25) is 0 Å². The van der Waals surface area contributed by atoms with Gasteiger partial charge in [0.25, 0.3) is 11.8 Å². The molecule has 0 spiro atoms. The van der Waals surface area contributed by atoms with Crippen molar-refractivity contribution in [2.45, 2.75) is 17.9 Å². The summed E-state index contributed by atoms with van der Waals surface area (Å²) in [5.41, 5.74) is 0.680. The van der Waals surface area contributed by atoms with E-state index in [1.807, 2.05) is 34.7 Å². The van der Waals surface area contributed by atoms with Crippen molar-refractivity contribution in [2.24, 2.45) is 5.92 Å². The standard InChI is InChI=1S/C18H21N3O2S2/c1-24-17-14(4-2-8-19-17)18(23)21-9-6-13(7-10-21)12-20-16(22)15-5-3-11-25-15/h2-5,8,11,13H,6-7,9-10,12H2,1H3,(H,20,22). The number of thiophene rings is 1. The topological polar surface area (TPSA) is 62.3 Å². The summed E-state index contributed by atoms with van der Waals surface area (Å²) >= 11 is 2.94. The number of likely N-dealkylation sites (tertiary alicyclic amines) is 1. The Morgan fingerprint density at radius 2 is 2.12 bits per heavy atom. The third kappa shape index (κ3) is 4.41. The van der Waals surface area contributed by atoms with Crippen molar-refractivity contribution in [3.8, 4) is 0 Å². The maximum absolute atomic E-state index is 12.7. The molecule has 1 aliphatic heterocycles. The minimum Gasteiger partial charge on any atom is -0.351 e. The fourth-order valence-electron chi connectivity index (χ4n) is 2.96. The summed E-state index contributed by atoms with van der Waals surface area (Å²) in [6.07, 6.45) is 5.46. The van der Waals surface area contributed by atoms with Crippen molar-refractivity contribution in [1.29, 1.82) is 0 Å². The molecule has 25 heavy (non-hydrogen) atoms. The number of aromatic nitrogens is 1. The summed E-state index contributed by atoms with van der Waals surface area (Å²) in [6.45, 7) is 2.11. The van der Waals surface area contributed by atoms with Gasteiger partial charge in [0.15, 0.2) is 0 Å². The van der Waals surface area contributed by atoms with E-state index in [1.54, 1.807) is 12.3 Å². The van der Waals surface area contributed by atoms with Gasteiger partial charge in [-0.3, -0.25) is 9.59 Å². The summed E-state index contributed by atoms with van der Waals surface area (Å²) < 4.78 is 0. The molecule has 1 fully saturated rings. The SMILES string of the molecule is CSc1ncccc1C(=O)N1CCC(CNC(=O)c2cccs2)CC1. The molecule has 0 aromatic carbocycles. The number of thioether (sulfide) groups is 1. The summed E-state index contributed by atoms with van der Waals surface area (Å²) in [5, 5.41) is 5.68. The van der Waals surface area contributed by atoms with Crippen LogP contribution >= 0.6 is 23.1 Å². The van der Waals surface area contributed by atoms with Crippen LogP contribution in [0.4, 0.5) is 0 Å². The molecule has 5 nitrogen and oxygen atoms in total. The lowest BCUT2D eigenvalue weighted by Crippen LogP contribution is -2.41. The van der Waals surface area contributed by atoms with E-state index >= 15 is 0 Å². The molecule has 0 atom stereocenters. The Hall–Kier alpha value is -1.86. The van der Waals surface area contributed by atoms with Crippen LogP contribution in [0.2, 0.25) is 0 Å². The predicted molar refractivity (Wildman–Crippen MR) is 101 cm³/mol. The lowest BCUT2D eigenvalue weighted by molar-refractivity contribution is 0.0680. The first kappa shape index (κ1) is 17.9. The molecule has 132 valence electrons. The van der Waals surface area contributed by atoms with Gasteiger partial charge in [0, 0.05) is 25.8 Å². The molecule has 2 aromatic heterocycles. The van der Waals surface area contributed by atoms with Gasteiger partial charge in [-0.05, 0) is 48.6 Å². The van der Waals surface area contributed by atoms with E-state index in [0.29, 0.717) is 18.0 Å². The third-order valence-electron chi connectivity index (χ3n) is 4.39. The van der Waals surface area contributed by atoms with Gasteiger partial charge in [0.1, 0.15) is 5.03 Å². The summed E-state index contributed by atoms with van der Waals surface area (Å²) in [6, 6.07) is 7.36. The smallest absolute Gasteiger partial charge is 0.261 e. The highest BCUT2D eigenvalue weighted by atomic mass is 32.2. The number of nitrogens with one attached hydrogen (secondary N) is 1. The zero-order valence-corrected chi connectivity index (χ0v) is 15.7. The number of piperidine rings is 1. The maximum Gasteiger partial charge on any atom is 0.261 e. The number of hydrogen-bond acceptors (Lipinski definition) is 5. The Kier molecular flexibility index (Phi) is 6.09. The van der Waals surface area contributed by atoms with Crippen molar-refractivity contribution in [1.82, 2.24) is 15.2 Å². The van der Waals surface area contributed by atoms with Crippen molar-refractivity contribution in [2.75, 3.05) is 25.9 Å². The van der Waals surface area contributed by atoms with Crippen molar-refractivity contribution in [3.05, 3.63) is 46.3 Å². The van der Waals surface area contributed by atoms with Crippen LogP contribution < -0.4 is 5.32 Å². The fourth-order valence-corrected chi connectivity index (χ4v) is 4.14. The van der Waals surface area contributed by atoms with E-state index in [0.717, 1.165) is 35.8 Å². The molecule has 2 amide bonds. The fraction of sp³-hybridized carbons (Fsp3) is 0.389. The van der Waals surface area contributed by atoms with Crippen molar-refractivity contribution >= 4 is 34.9 Å². The molecule has 0 aliphatic carbocycles. The second-order valence-corrected chi connectivity index (χ2v) is 7.73. The van der Waals surface area contributed by atoms with Crippen LogP contribution in [0, 0.1) is 5.92 Å². The number of rotatable bonds is 5. The quantitative estimate of drug-likeness (QED) is 0.816. The predicted octanol–water partition coefficient (Wildman–Crippen LogP) is 3.15. The average Bonchev–Trinajstić information content (AvgIpc) is 3.21. The zero-order chi connectivity index (χ0) is 17.6. The van der Waals surface area contributed by atoms with E-state index < -0.39 is 0 Å². The Labute approximate surface area is 155 Å². The number of carbonyl (C=O) groups excluding carboxylic acids is 2. The molecule has 0 bridgehead atoms. The zero-order valence-electron chi connectivity index (χ0n) is 14.1. The number of pyridine rings is 1. The van der Waals surface area contributed by atoms with Gasteiger partial charge < -0.3 is 10.2 Å². The van der Waals surface area contributed by atoms with Crippen LogP contribution in [0.1, 0.15) is 32.9 Å². The second kappa shape index (κ2) is 8.49. The van der Waals surface area contributed by atoms with E-state index in [1.165, 1.54) is 23.1 Å². The summed E-state index contributed by atoms with van der Waals surface area (Å²) in [7, 11) is 0. The normalized spacial score (nSPS) is 15.2. The highest BCUT2D eigenvalue weighted by Gasteiger charge is 2.25. The molecule has 2 aromatic rings. The first-order chi connectivity index (χ1) is 12.2. The van der Waals surface area contributed by atoms with Gasteiger partial charge >= 0.3 is 0 Å². The Morgan fingerprint density at radius 1 is 1.32 bits per heavy atom. The highest BCUT2D eigenvalue weighted by Crippen LogP contribution is 2.22. The molecule has 1 N–H and O–H groups in total. The third-order valence-corrected chi connectivity index (χ3v) is 5.97. The lowest BCUT2D eigenvalue weighted by atomic mass is 9.96. The molecule has 0 unspecified atom stereocenters. The van der Waals surface area contributed by atoms with Crippen LogP contribution in [-0.2, 0) is 0 Å². The first-order valence-corrected chi connectivity index (χ1v) is 10.4. The van der Waals surface area contributed by atoms with Gasteiger partial charge in [0.05, 0.1) is 10.4 Å². The number of nitrogens with zero attached hydrogens (tertiary/aromatic N) is 2. The van der Waals surface area contributed by atoms with Crippen molar-refractivity contribution < 1.29 is 9.59 Å². The van der Waals surface area contributed by atoms with Crippen LogP contribution in [0.15, 0.2) is 40.9 Å². The Bertz CT molecular complexity index is 726. The molecule has 0 radical (unpaired) electrons. The second-order valence-electron chi connectivity index (χ2n) is 5.98. The van der Waals surface area contributed by atoms with Crippen LogP contribution in [-0.4, -0.2) is 47.6 Å². The minimum absolute atomic E-state index is 0.00604. The van der Waals surface area contributed by atoms with Gasteiger partial charge in [-0.15, -0.1) is 23.1 Å². The van der Waals surface area contributed by atoms with E-state index in [4.69, 9.17) is 0 Å². The summed E-state index contributed by atoms with van der Waals surface area (Å²) in [4.78, 5) is 31.6. The van der Waals surface area contributed by atoms with Gasteiger partial charge in [-0.1, -0.05) is 6.07 Å². The van der Waals surface area contributed by atoms with Crippen LogP contribution in [0.3, 0.4) is 0 Å². The maximum atomic E-state index is 12.7. The van der Waals surface area contributed by atoms with Crippen molar-refractivity contribution in [3.63, 3.8) is 0 Å². The molecule has 3 rings (SSSR count). The monoisotopic (exact) mass is 375 g/mol. The van der Waals surface area contributed by atoms with Crippen LogP contribution in [0.5, 0.6) is 0 Å². The van der Waals surface area contributed by atoms with E-state index in [-0.39, 0.29) is 11.8 Å². The molecule has 7 heteroatoms. The number of amides is 2. The number of hydrogen-bond donors (Lipinski definition) is 1. The average molecular weight is 376 g/mol. The van der Waals surface area contributed by atoms with E-state index in [9.17, 15) is 9.59 Å².